The van der Waals surface area contributed by atoms with E-state index < -0.39 is 0 Å². The van der Waals surface area contributed by atoms with E-state index in [0.717, 1.165) is 5.56 Å². The van der Waals surface area contributed by atoms with Crippen LogP contribution in [-0.2, 0) is 11.3 Å². The Kier molecular flexibility index (Phi) is 9.44. The SMILES string of the molecule is CC(C)(C)NC(=O)COc1ccc(Cl)cc1CNCCO.Cl. The van der Waals surface area contributed by atoms with Crippen molar-refractivity contribution in [1.82, 2.24) is 10.6 Å². The lowest BCUT2D eigenvalue weighted by atomic mass is 10.1. The fourth-order valence-corrected chi connectivity index (χ4v) is 1.92. The molecular weight excluding hydrogens is 327 g/mol. The van der Waals surface area contributed by atoms with Gasteiger partial charge in [-0.2, -0.15) is 0 Å². The Labute approximate surface area is 142 Å². The molecule has 5 nitrogen and oxygen atoms in total. The molecule has 0 bridgehead atoms. The molecule has 0 spiro atoms. The summed E-state index contributed by atoms with van der Waals surface area (Å²) in [4.78, 5) is 11.8. The summed E-state index contributed by atoms with van der Waals surface area (Å²) in [6.45, 7) is 6.75. The zero-order valence-electron chi connectivity index (χ0n) is 13.1. The lowest BCUT2D eigenvalue weighted by Gasteiger charge is -2.21. The molecule has 1 aromatic carbocycles. The standard InChI is InChI=1S/C15H23ClN2O3.ClH/c1-15(2,3)18-14(20)10-21-13-5-4-12(16)8-11(13)9-17-6-7-19;/h4-5,8,17,19H,6-7,9-10H2,1-3H3,(H,18,20);1H. The minimum absolute atomic E-state index is 0. The van der Waals surface area contributed by atoms with Crippen LogP contribution in [0.4, 0.5) is 0 Å². The molecule has 0 radical (unpaired) electrons. The largest absolute Gasteiger partial charge is 0.483 e. The van der Waals surface area contributed by atoms with Gasteiger partial charge in [-0.15, -0.1) is 12.4 Å². The molecule has 0 aliphatic carbocycles. The highest BCUT2D eigenvalue weighted by Crippen LogP contribution is 2.22. The van der Waals surface area contributed by atoms with Crippen molar-refractivity contribution >= 4 is 29.9 Å². The van der Waals surface area contributed by atoms with Crippen molar-refractivity contribution in [3.63, 3.8) is 0 Å². The Morgan fingerprint density at radius 1 is 1.36 bits per heavy atom. The van der Waals surface area contributed by atoms with E-state index in [2.05, 4.69) is 10.6 Å². The second-order valence-electron chi connectivity index (χ2n) is 5.74. The van der Waals surface area contributed by atoms with Crippen LogP contribution in [0, 0.1) is 0 Å². The Balaban J connectivity index is 0.00000441. The summed E-state index contributed by atoms with van der Waals surface area (Å²) in [5, 5.41) is 15.3. The minimum Gasteiger partial charge on any atom is -0.483 e. The van der Waals surface area contributed by atoms with Gasteiger partial charge in [-0.3, -0.25) is 4.79 Å². The summed E-state index contributed by atoms with van der Waals surface area (Å²) in [6.07, 6.45) is 0. The number of ether oxygens (including phenoxy) is 1. The monoisotopic (exact) mass is 350 g/mol. The molecule has 1 aromatic rings. The lowest BCUT2D eigenvalue weighted by molar-refractivity contribution is -0.124. The normalized spacial score (nSPS) is 10.8. The third-order valence-electron chi connectivity index (χ3n) is 2.50. The smallest absolute Gasteiger partial charge is 0.258 e. The average molecular weight is 351 g/mol. The summed E-state index contributed by atoms with van der Waals surface area (Å²) < 4.78 is 5.56. The number of carbonyl (C=O) groups is 1. The predicted octanol–water partition coefficient (Wildman–Crippen LogP) is 2.14. The van der Waals surface area contributed by atoms with Gasteiger partial charge in [0.1, 0.15) is 5.75 Å². The zero-order valence-corrected chi connectivity index (χ0v) is 14.7. The summed E-state index contributed by atoms with van der Waals surface area (Å²) in [5.41, 5.74) is 0.561. The molecule has 0 aromatic heterocycles. The Hall–Kier alpha value is -1.01. The van der Waals surface area contributed by atoms with Crippen LogP contribution in [0.25, 0.3) is 0 Å². The van der Waals surface area contributed by atoms with Crippen molar-refractivity contribution < 1.29 is 14.6 Å². The number of nitrogens with one attached hydrogen (secondary N) is 2. The van der Waals surface area contributed by atoms with Crippen LogP contribution in [-0.4, -0.2) is 36.3 Å². The first-order valence-corrected chi connectivity index (χ1v) is 7.23. The molecule has 0 heterocycles. The van der Waals surface area contributed by atoms with E-state index in [0.29, 0.717) is 23.9 Å². The van der Waals surface area contributed by atoms with Gasteiger partial charge in [0.15, 0.2) is 6.61 Å². The van der Waals surface area contributed by atoms with Gasteiger partial charge in [0.25, 0.3) is 5.91 Å². The van der Waals surface area contributed by atoms with Crippen LogP contribution in [0.5, 0.6) is 5.75 Å². The number of carbonyl (C=O) groups excluding carboxylic acids is 1. The Morgan fingerprint density at radius 3 is 2.64 bits per heavy atom. The number of benzene rings is 1. The van der Waals surface area contributed by atoms with E-state index in [1.807, 2.05) is 20.8 Å². The van der Waals surface area contributed by atoms with E-state index in [9.17, 15) is 4.79 Å². The first-order valence-electron chi connectivity index (χ1n) is 6.85. The molecule has 0 atom stereocenters. The van der Waals surface area contributed by atoms with Crippen molar-refractivity contribution in [3.8, 4) is 5.75 Å². The summed E-state index contributed by atoms with van der Waals surface area (Å²) >= 11 is 5.97. The second-order valence-corrected chi connectivity index (χ2v) is 6.18. The maximum absolute atomic E-state index is 11.8. The van der Waals surface area contributed by atoms with Gasteiger partial charge in [0.05, 0.1) is 6.61 Å². The fraction of sp³-hybridized carbons (Fsp3) is 0.533. The van der Waals surface area contributed by atoms with E-state index in [1.54, 1.807) is 18.2 Å². The highest BCUT2D eigenvalue weighted by molar-refractivity contribution is 6.30. The van der Waals surface area contributed by atoms with E-state index in [1.165, 1.54) is 0 Å². The third-order valence-corrected chi connectivity index (χ3v) is 2.73. The van der Waals surface area contributed by atoms with Gasteiger partial charge in [-0.1, -0.05) is 11.6 Å². The highest BCUT2D eigenvalue weighted by Gasteiger charge is 2.14. The average Bonchev–Trinajstić information content (AvgIpc) is 2.36. The van der Waals surface area contributed by atoms with Crippen LogP contribution in [0.2, 0.25) is 5.02 Å². The van der Waals surface area contributed by atoms with Gasteiger partial charge < -0.3 is 20.5 Å². The molecule has 0 saturated heterocycles. The fourth-order valence-electron chi connectivity index (χ4n) is 1.73. The zero-order chi connectivity index (χ0) is 15.9. The maximum Gasteiger partial charge on any atom is 0.258 e. The number of hydrogen-bond donors (Lipinski definition) is 3. The molecule has 0 saturated carbocycles. The third kappa shape index (κ3) is 8.44. The Bertz CT molecular complexity index is 476. The lowest BCUT2D eigenvalue weighted by Crippen LogP contribution is -2.43. The van der Waals surface area contributed by atoms with Gasteiger partial charge in [0.2, 0.25) is 0 Å². The topological polar surface area (TPSA) is 70.6 Å². The molecular formula is C15H24Cl2N2O3. The second kappa shape index (κ2) is 9.90. The Morgan fingerprint density at radius 2 is 2.05 bits per heavy atom. The van der Waals surface area contributed by atoms with Crippen LogP contribution in [0.1, 0.15) is 26.3 Å². The number of hydrogen-bond acceptors (Lipinski definition) is 4. The van der Waals surface area contributed by atoms with Crippen LogP contribution in [0.15, 0.2) is 18.2 Å². The quantitative estimate of drug-likeness (QED) is 0.659. The number of aliphatic hydroxyl groups excluding tert-OH is 1. The van der Waals surface area contributed by atoms with Crippen LogP contribution >= 0.6 is 24.0 Å². The molecule has 22 heavy (non-hydrogen) atoms. The number of aliphatic hydroxyl groups is 1. The van der Waals surface area contributed by atoms with E-state index >= 15 is 0 Å². The molecule has 7 heteroatoms. The number of amides is 1. The highest BCUT2D eigenvalue weighted by atomic mass is 35.5. The molecule has 1 rings (SSSR count). The van der Waals surface area contributed by atoms with Crippen LogP contribution < -0.4 is 15.4 Å². The molecule has 0 unspecified atom stereocenters. The molecule has 1 amide bonds. The summed E-state index contributed by atoms with van der Waals surface area (Å²) in [5.74, 6) is 0.431. The first-order chi connectivity index (χ1) is 9.81. The van der Waals surface area contributed by atoms with Gasteiger partial charge in [0, 0.05) is 29.2 Å². The van der Waals surface area contributed by atoms with Crippen molar-refractivity contribution in [2.24, 2.45) is 0 Å². The van der Waals surface area contributed by atoms with E-state index in [-0.39, 0.29) is 37.1 Å². The predicted molar refractivity (Wildman–Crippen MR) is 90.9 cm³/mol. The van der Waals surface area contributed by atoms with Gasteiger partial charge in [-0.05, 0) is 39.0 Å². The van der Waals surface area contributed by atoms with Gasteiger partial charge >= 0.3 is 0 Å². The minimum atomic E-state index is -0.286. The molecule has 0 aliphatic rings. The van der Waals surface area contributed by atoms with Crippen molar-refractivity contribution in [3.05, 3.63) is 28.8 Å². The summed E-state index contributed by atoms with van der Waals surface area (Å²) in [6, 6.07) is 5.24. The maximum atomic E-state index is 11.8. The van der Waals surface area contributed by atoms with Crippen molar-refractivity contribution in [2.75, 3.05) is 19.8 Å². The van der Waals surface area contributed by atoms with Gasteiger partial charge in [-0.25, -0.2) is 0 Å². The number of halogens is 2. The molecule has 3 N–H and O–H groups in total. The number of rotatable bonds is 7. The van der Waals surface area contributed by atoms with Crippen LogP contribution in [0.3, 0.4) is 0 Å². The molecule has 0 aliphatic heterocycles. The summed E-state index contributed by atoms with van der Waals surface area (Å²) in [7, 11) is 0. The molecule has 126 valence electrons. The van der Waals surface area contributed by atoms with Crippen molar-refractivity contribution in [2.45, 2.75) is 32.9 Å². The van der Waals surface area contributed by atoms with E-state index in [4.69, 9.17) is 21.4 Å². The van der Waals surface area contributed by atoms with Crippen molar-refractivity contribution in [1.29, 1.82) is 0 Å². The first kappa shape index (κ1) is 21.0. The molecule has 0 fully saturated rings.